The zero-order chi connectivity index (χ0) is 27.6. The lowest BCUT2D eigenvalue weighted by molar-refractivity contribution is -0.122. The van der Waals surface area contributed by atoms with Gasteiger partial charge in [0.15, 0.2) is 11.5 Å². The van der Waals surface area contributed by atoms with Gasteiger partial charge in [-0.05, 0) is 84.2 Å². The standard InChI is InChI=1S/C27H23BrN2O7S/c1-4-36-23-15-18(14-21(28)24(23)37-38(34,35)19-11-9-16(2)10-12-19)13-20-25(31)29-27(33)30(26(20)32)22-8-6-5-7-17(22)3/h5-15H,4H2,1-3H3,(H,29,31,33)/b20-13+. The van der Waals surface area contributed by atoms with Crippen LogP contribution in [0.15, 0.2) is 75.6 Å². The first kappa shape index (κ1) is 27.1. The number of anilines is 1. The highest BCUT2D eigenvalue weighted by atomic mass is 79.9. The monoisotopic (exact) mass is 598 g/mol. The summed E-state index contributed by atoms with van der Waals surface area (Å²) in [5.74, 6) is -1.68. The fourth-order valence-corrected chi connectivity index (χ4v) is 5.34. The van der Waals surface area contributed by atoms with Crippen molar-refractivity contribution in [3.63, 3.8) is 0 Å². The van der Waals surface area contributed by atoms with Gasteiger partial charge in [-0.15, -0.1) is 0 Å². The number of urea groups is 1. The van der Waals surface area contributed by atoms with Gasteiger partial charge in [-0.2, -0.15) is 8.42 Å². The van der Waals surface area contributed by atoms with Crippen LogP contribution in [0.25, 0.3) is 6.08 Å². The quantitative estimate of drug-likeness (QED) is 0.233. The molecule has 196 valence electrons. The van der Waals surface area contributed by atoms with E-state index in [0.717, 1.165) is 10.5 Å². The molecular formula is C27H23BrN2O7S. The van der Waals surface area contributed by atoms with Crippen LogP contribution in [-0.4, -0.2) is 32.9 Å². The first-order valence-electron chi connectivity index (χ1n) is 11.5. The molecule has 9 nitrogen and oxygen atoms in total. The minimum Gasteiger partial charge on any atom is -0.490 e. The van der Waals surface area contributed by atoms with Crippen LogP contribution in [-0.2, 0) is 19.7 Å². The van der Waals surface area contributed by atoms with E-state index in [4.69, 9.17) is 8.92 Å². The Bertz CT molecular complexity index is 1580. The van der Waals surface area contributed by atoms with Crippen LogP contribution in [0.1, 0.15) is 23.6 Å². The molecule has 0 atom stereocenters. The van der Waals surface area contributed by atoms with Gasteiger partial charge < -0.3 is 8.92 Å². The molecule has 0 radical (unpaired) electrons. The van der Waals surface area contributed by atoms with Crippen LogP contribution < -0.4 is 19.1 Å². The van der Waals surface area contributed by atoms with Gasteiger partial charge in [-0.3, -0.25) is 14.9 Å². The van der Waals surface area contributed by atoms with E-state index in [1.54, 1.807) is 50.2 Å². The third-order valence-corrected chi connectivity index (χ3v) is 7.43. The lowest BCUT2D eigenvalue weighted by Crippen LogP contribution is -2.54. The zero-order valence-corrected chi connectivity index (χ0v) is 23.1. The molecule has 4 rings (SSSR count). The van der Waals surface area contributed by atoms with Gasteiger partial charge in [0.05, 0.1) is 16.8 Å². The number of carbonyl (C=O) groups is 3. The number of nitrogens with one attached hydrogen (secondary N) is 1. The summed E-state index contributed by atoms with van der Waals surface area (Å²) in [7, 11) is -4.19. The van der Waals surface area contributed by atoms with Crippen LogP contribution in [0.4, 0.5) is 10.5 Å². The van der Waals surface area contributed by atoms with E-state index in [1.165, 1.54) is 30.3 Å². The zero-order valence-electron chi connectivity index (χ0n) is 20.6. The number of benzene rings is 3. The summed E-state index contributed by atoms with van der Waals surface area (Å²) in [6, 6.07) is 15.0. The first-order chi connectivity index (χ1) is 18.0. The summed E-state index contributed by atoms with van der Waals surface area (Å²) in [5.41, 5.74) is 1.94. The number of ether oxygens (including phenoxy) is 1. The third kappa shape index (κ3) is 5.48. The van der Waals surface area contributed by atoms with Crippen LogP contribution in [0.2, 0.25) is 0 Å². The van der Waals surface area contributed by atoms with Crippen molar-refractivity contribution in [3.8, 4) is 11.5 Å². The van der Waals surface area contributed by atoms with Crippen molar-refractivity contribution >= 4 is 55.7 Å². The van der Waals surface area contributed by atoms with Crippen LogP contribution in [0.5, 0.6) is 11.5 Å². The largest absolute Gasteiger partial charge is 0.490 e. The Morgan fingerprint density at radius 3 is 2.34 bits per heavy atom. The minimum atomic E-state index is -4.19. The second-order valence-corrected chi connectivity index (χ2v) is 10.8. The molecule has 0 unspecified atom stereocenters. The van der Waals surface area contributed by atoms with Gasteiger partial charge in [0.2, 0.25) is 0 Å². The Morgan fingerprint density at radius 2 is 1.68 bits per heavy atom. The Labute approximate surface area is 228 Å². The molecule has 1 N–H and O–H groups in total. The average Bonchev–Trinajstić information content (AvgIpc) is 2.85. The molecule has 1 saturated heterocycles. The highest BCUT2D eigenvalue weighted by Crippen LogP contribution is 2.39. The van der Waals surface area contributed by atoms with Gasteiger partial charge in [-0.1, -0.05) is 35.9 Å². The third-order valence-electron chi connectivity index (χ3n) is 5.60. The van der Waals surface area contributed by atoms with E-state index in [1.807, 2.05) is 6.92 Å². The van der Waals surface area contributed by atoms with E-state index >= 15 is 0 Å². The minimum absolute atomic E-state index is 0.0333. The van der Waals surface area contributed by atoms with Crippen LogP contribution in [0, 0.1) is 13.8 Å². The number of aryl methyl sites for hydroxylation is 2. The molecule has 0 spiro atoms. The second-order valence-electron chi connectivity index (χ2n) is 8.36. The maximum absolute atomic E-state index is 13.3. The Kier molecular flexibility index (Phi) is 7.70. The lowest BCUT2D eigenvalue weighted by atomic mass is 10.1. The maximum Gasteiger partial charge on any atom is 0.339 e. The van der Waals surface area contributed by atoms with Gasteiger partial charge in [-0.25, -0.2) is 9.69 Å². The maximum atomic E-state index is 13.3. The predicted octanol–water partition coefficient (Wildman–Crippen LogP) is 4.90. The molecule has 11 heteroatoms. The molecule has 1 aliphatic rings. The SMILES string of the molecule is CCOc1cc(/C=C2\C(=O)NC(=O)N(c3ccccc3C)C2=O)cc(Br)c1OS(=O)(=O)c1ccc(C)cc1. The Balaban J connectivity index is 1.73. The second kappa shape index (κ2) is 10.8. The Morgan fingerprint density at radius 1 is 1.00 bits per heavy atom. The Hall–Kier alpha value is -3.96. The summed E-state index contributed by atoms with van der Waals surface area (Å²) in [5, 5.41) is 2.19. The van der Waals surface area contributed by atoms with Crippen molar-refractivity contribution < 1.29 is 31.7 Å². The highest BCUT2D eigenvalue weighted by Gasteiger charge is 2.37. The van der Waals surface area contributed by atoms with Gasteiger partial charge in [0.25, 0.3) is 11.8 Å². The molecule has 0 aliphatic carbocycles. The molecule has 1 fully saturated rings. The number of imide groups is 2. The van der Waals surface area contributed by atoms with Crippen LogP contribution >= 0.6 is 15.9 Å². The first-order valence-corrected chi connectivity index (χ1v) is 13.7. The van der Waals surface area contributed by atoms with Gasteiger partial charge in [0.1, 0.15) is 10.5 Å². The fourth-order valence-electron chi connectivity index (χ4n) is 3.74. The summed E-state index contributed by atoms with van der Waals surface area (Å²) in [6.45, 7) is 5.47. The number of nitrogens with zero attached hydrogens (tertiary/aromatic N) is 1. The van der Waals surface area contributed by atoms with Gasteiger partial charge in [0, 0.05) is 0 Å². The molecule has 38 heavy (non-hydrogen) atoms. The van der Waals surface area contributed by atoms with Crippen molar-refractivity contribution in [1.29, 1.82) is 0 Å². The smallest absolute Gasteiger partial charge is 0.339 e. The molecule has 3 aromatic carbocycles. The number of hydrogen-bond donors (Lipinski definition) is 1. The summed E-state index contributed by atoms with van der Waals surface area (Å²) in [6.07, 6.45) is 1.29. The van der Waals surface area contributed by atoms with E-state index in [0.29, 0.717) is 16.8 Å². The number of carbonyl (C=O) groups excluding carboxylic acids is 3. The lowest BCUT2D eigenvalue weighted by Gasteiger charge is -2.27. The van der Waals surface area contributed by atoms with Crippen molar-refractivity contribution in [2.75, 3.05) is 11.5 Å². The predicted molar refractivity (Wildman–Crippen MR) is 144 cm³/mol. The molecule has 3 aromatic rings. The molecule has 4 amide bonds. The van der Waals surface area contributed by atoms with Crippen molar-refractivity contribution in [1.82, 2.24) is 5.32 Å². The summed E-state index contributed by atoms with van der Waals surface area (Å²) >= 11 is 3.32. The molecular weight excluding hydrogens is 576 g/mol. The molecule has 1 heterocycles. The number of halogens is 1. The molecule has 0 bridgehead atoms. The number of barbiturate groups is 1. The molecule has 1 aliphatic heterocycles. The topological polar surface area (TPSA) is 119 Å². The normalized spacial score (nSPS) is 15.0. The molecule has 0 aromatic heterocycles. The van der Waals surface area contributed by atoms with Crippen molar-refractivity contribution in [2.24, 2.45) is 0 Å². The number of hydrogen-bond acceptors (Lipinski definition) is 7. The van der Waals surface area contributed by atoms with Crippen molar-refractivity contribution in [2.45, 2.75) is 25.7 Å². The number of para-hydroxylation sites is 1. The number of rotatable bonds is 7. The van der Waals surface area contributed by atoms with Crippen molar-refractivity contribution in [3.05, 3.63) is 87.4 Å². The van der Waals surface area contributed by atoms with E-state index in [2.05, 4.69) is 21.2 Å². The molecule has 0 saturated carbocycles. The fraction of sp³-hybridized carbons (Fsp3) is 0.148. The summed E-state index contributed by atoms with van der Waals surface area (Å²) < 4.78 is 37.0. The van der Waals surface area contributed by atoms with Gasteiger partial charge >= 0.3 is 16.1 Å². The van der Waals surface area contributed by atoms with E-state index in [-0.39, 0.29) is 33.0 Å². The van der Waals surface area contributed by atoms with Crippen LogP contribution in [0.3, 0.4) is 0 Å². The highest BCUT2D eigenvalue weighted by molar-refractivity contribution is 9.10. The number of amides is 4. The van der Waals surface area contributed by atoms with E-state index < -0.39 is 28.0 Å². The summed E-state index contributed by atoms with van der Waals surface area (Å²) in [4.78, 5) is 39.3. The van der Waals surface area contributed by atoms with E-state index in [9.17, 15) is 22.8 Å². The average molecular weight is 599 g/mol.